The first-order valence-electron chi connectivity index (χ1n) is 5.50. The van der Waals surface area contributed by atoms with E-state index in [-0.39, 0.29) is 17.9 Å². The van der Waals surface area contributed by atoms with Crippen molar-refractivity contribution in [3.8, 4) is 5.88 Å². The lowest BCUT2D eigenvalue weighted by molar-refractivity contribution is -0.122. The maximum absolute atomic E-state index is 11.9. The van der Waals surface area contributed by atoms with Gasteiger partial charge in [-0.1, -0.05) is 6.92 Å². The molecule has 2 heterocycles. The van der Waals surface area contributed by atoms with E-state index < -0.39 is 0 Å². The number of carbonyl (C=O) groups excluding carboxylic acids is 1. The number of amides is 1. The number of ether oxygens (including phenoxy) is 1. The van der Waals surface area contributed by atoms with E-state index in [0.717, 1.165) is 5.69 Å². The maximum Gasteiger partial charge on any atom is 0.236 e. The van der Waals surface area contributed by atoms with E-state index in [4.69, 9.17) is 4.74 Å². The van der Waals surface area contributed by atoms with Crippen LogP contribution >= 0.6 is 0 Å². The summed E-state index contributed by atoms with van der Waals surface area (Å²) < 4.78 is 7.47. The Morgan fingerprint density at radius 2 is 2.25 bits per heavy atom. The average molecular weight is 223 g/mol. The molecule has 0 aliphatic carbocycles. The Kier molecular flexibility index (Phi) is 2.61. The predicted molar refractivity (Wildman–Crippen MR) is 60.7 cm³/mol. The van der Waals surface area contributed by atoms with E-state index in [0.29, 0.717) is 12.5 Å². The molecule has 0 N–H and O–H groups in total. The molecule has 88 valence electrons. The van der Waals surface area contributed by atoms with Crippen LogP contribution in [0, 0.1) is 5.92 Å². The summed E-state index contributed by atoms with van der Waals surface area (Å²) in [7, 11) is 1.76. The molecular weight excluding hydrogens is 206 g/mol. The molecule has 1 aromatic heterocycles. The molecule has 2 rings (SSSR count). The minimum atomic E-state index is -0.113. The van der Waals surface area contributed by atoms with Crippen LogP contribution in [0.1, 0.15) is 26.8 Å². The summed E-state index contributed by atoms with van der Waals surface area (Å²) >= 11 is 0. The van der Waals surface area contributed by atoms with Crippen molar-refractivity contribution in [2.24, 2.45) is 5.92 Å². The molecule has 0 aromatic carbocycles. The summed E-state index contributed by atoms with van der Waals surface area (Å²) in [4.78, 5) is 13.5. The van der Waals surface area contributed by atoms with Crippen molar-refractivity contribution in [3.05, 3.63) is 6.20 Å². The highest BCUT2D eigenvalue weighted by molar-refractivity contribution is 5.96. The fraction of sp³-hybridized carbons (Fsp3) is 0.636. The summed E-state index contributed by atoms with van der Waals surface area (Å²) in [5.41, 5.74) is 0.753. The number of hydrogen-bond acceptors (Lipinski definition) is 3. The van der Waals surface area contributed by atoms with Crippen molar-refractivity contribution in [2.45, 2.75) is 26.8 Å². The third kappa shape index (κ3) is 1.56. The van der Waals surface area contributed by atoms with Crippen molar-refractivity contribution in [3.63, 3.8) is 0 Å². The molecule has 1 aromatic rings. The number of anilines is 1. The number of nitrogens with zero attached hydrogens (tertiary/aromatic N) is 3. The van der Waals surface area contributed by atoms with Gasteiger partial charge in [0.1, 0.15) is 12.3 Å². The first-order chi connectivity index (χ1) is 7.52. The molecule has 0 radical (unpaired) electrons. The molecule has 1 aliphatic rings. The molecule has 16 heavy (non-hydrogen) atoms. The van der Waals surface area contributed by atoms with Crippen LogP contribution < -0.4 is 9.64 Å². The highest BCUT2D eigenvalue weighted by atomic mass is 16.5. The Bertz CT molecular complexity index is 411. The van der Waals surface area contributed by atoms with Crippen LogP contribution in [0.5, 0.6) is 5.88 Å². The third-order valence-corrected chi connectivity index (χ3v) is 2.80. The SMILES string of the molecule is CC(C)n1ncc2c1OC[C@H](C)C(=O)N2C. The standard InChI is InChI=1S/C11H17N3O2/c1-7(2)14-11-9(5-12-14)13(4)10(15)8(3)6-16-11/h5,7-8H,6H2,1-4H3/t8-/m0/s1. The Balaban J connectivity index is 2.45. The molecule has 0 unspecified atom stereocenters. The van der Waals surface area contributed by atoms with Crippen LogP contribution in [0.3, 0.4) is 0 Å². The van der Waals surface area contributed by atoms with Crippen LogP contribution in [-0.4, -0.2) is 29.3 Å². The smallest absolute Gasteiger partial charge is 0.236 e. The van der Waals surface area contributed by atoms with Crippen LogP contribution in [0.2, 0.25) is 0 Å². The first-order valence-corrected chi connectivity index (χ1v) is 5.50. The summed E-state index contributed by atoms with van der Waals surface area (Å²) in [5.74, 6) is 0.648. The fourth-order valence-electron chi connectivity index (χ4n) is 1.80. The largest absolute Gasteiger partial charge is 0.476 e. The Hall–Kier alpha value is -1.52. The highest BCUT2D eigenvalue weighted by Gasteiger charge is 2.29. The van der Waals surface area contributed by atoms with Crippen molar-refractivity contribution >= 4 is 11.6 Å². The van der Waals surface area contributed by atoms with Gasteiger partial charge < -0.3 is 9.64 Å². The summed E-state index contributed by atoms with van der Waals surface area (Å²) in [6.07, 6.45) is 1.69. The van der Waals surface area contributed by atoms with Gasteiger partial charge in [-0.25, -0.2) is 4.68 Å². The Labute approximate surface area is 95.0 Å². The zero-order chi connectivity index (χ0) is 11.9. The van der Waals surface area contributed by atoms with Gasteiger partial charge in [0.15, 0.2) is 0 Å². The third-order valence-electron chi connectivity index (χ3n) is 2.80. The average Bonchev–Trinajstić information content (AvgIpc) is 2.63. The van der Waals surface area contributed by atoms with Gasteiger partial charge in [0.2, 0.25) is 11.8 Å². The maximum atomic E-state index is 11.9. The number of fused-ring (bicyclic) bond motifs is 1. The number of rotatable bonds is 1. The second kappa shape index (κ2) is 3.81. The second-order valence-corrected chi connectivity index (χ2v) is 4.48. The van der Waals surface area contributed by atoms with E-state index in [1.807, 2.05) is 20.8 Å². The lowest BCUT2D eigenvalue weighted by Gasteiger charge is -2.15. The zero-order valence-electron chi connectivity index (χ0n) is 10.1. The van der Waals surface area contributed by atoms with Gasteiger partial charge in [-0.15, -0.1) is 0 Å². The van der Waals surface area contributed by atoms with Gasteiger partial charge in [-0.3, -0.25) is 4.79 Å². The molecule has 0 saturated heterocycles. The first kappa shape index (κ1) is 11.0. The van der Waals surface area contributed by atoms with E-state index in [1.54, 1.807) is 22.8 Å². The van der Waals surface area contributed by atoms with Crippen LogP contribution in [-0.2, 0) is 4.79 Å². The summed E-state index contributed by atoms with van der Waals surface area (Å²) in [6, 6.07) is 0.223. The fourth-order valence-corrected chi connectivity index (χ4v) is 1.80. The van der Waals surface area contributed by atoms with E-state index in [1.165, 1.54) is 0 Å². The van der Waals surface area contributed by atoms with Gasteiger partial charge in [0.05, 0.1) is 18.2 Å². The van der Waals surface area contributed by atoms with E-state index in [9.17, 15) is 4.79 Å². The number of hydrogen-bond donors (Lipinski definition) is 0. The van der Waals surface area contributed by atoms with Crippen LogP contribution in [0.15, 0.2) is 6.20 Å². The van der Waals surface area contributed by atoms with Crippen LogP contribution in [0.25, 0.3) is 0 Å². The molecule has 0 spiro atoms. The molecular formula is C11H17N3O2. The highest BCUT2D eigenvalue weighted by Crippen LogP contribution is 2.33. The van der Waals surface area contributed by atoms with E-state index >= 15 is 0 Å². The molecule has 1 atom stereocenters. The van der Waals surface area contributed by atoms with Crippen molar-refractivity contribution < 1.29 is 9.53 Å². The summed E-state index contributed by atoms with van der Waals surface area (Å²) in [5, 5.41) is 4.25. The van der Waals surface area contributed by atoms with E-state index in [2.05, 4.69) is 5.10 Å². The molecule has 1 aliphatic heterocycles. The van der Waals surface area contributed by atoms with Crippen LogP contribution in [0.4, 0.5) is 5.69 Å². The normalized spacial score (nSPS) is 20.7. The minimum Gasteiger partial charge on any atom is -0.476 e. The number of aromatic nitrogens is 2. The molecule has 5 nitrogen and oxygen atoms in total. The Morgan fingerprint density at radius 1 is 1.56 bits per heavy atom. The molecule has 0 saturated carbocycles. The molecule has 0 fully saturated rings. The van der Waals surface area contributed by atoms with Crippen molar-refractivity contribution in [1.29, 1.82) is 0 Å². The monoisotopic (exact) mass is 223 g/mol. The second-order valence-electron chi connectivity index (χ2n) is 4.48. The van der Waals surface area contributed by atoms with Gasteiger partial charge in [-0.2, -0.15) is 5.10 Å². The topological polar surface area (TPSA) is 47.4 Å². The number of carbonyl (C=O) groups is 1. The lowest BCUT2D eigenvalue weighted by atomic mass is 10.2. The zero-order valence-corrected chi connectivity index (χ0v) is 10.1. The van der Waals surface area contributed by atoms with Gasteiger partial charge >= 0.3 is 0 Å². The van der Waals surface area contributed by atoms with Gasteiger partial charge in [-0.05, 0) is 13.8 Å². The summed E-state index contributed by atoms with van der Waals surface area (Å²) in [6.45, 7) is 6.35. The molecule has 1 amide bonds. The van der Waals surface area contributed by atoms with Crippen molar-refractivity contribution in [2.75, 3.05) is 18.6 Å². The minimum absolute atomic E-state index is 0.0713. The quantitative estimate of drug-likeness (QED) is 0.724. The molecule has 5 heteroatoms. The van der Waals surface area contributed by atoms with Gasteiger partial charge in [0, 0.05) is 7.05 Å². The predicted octanol–water partition coefficient (Wildman–Crippen LogP) is 1.46. The van der Waals surface area contributed by atoms with Crippen molar-refractivity contribution in [1.82, 2.24) is 9.78 Å². The molecule has 0 bridgehead atoms. The van der Waals surface area contributed by atoms with Gasteiger partial charge in [0.25, 0.3) is 0 Å². The Morgan fingerprint density at radius 3 is 2.88 bits per heavy atom. The lowest BCUT2D eigenvalue weighted by Crippen LogP contribution is -2.31.